The number of hydrogen-bond acceptors (Lipinski definition) is 3. The molecule has 2 aromatic carbocycles. The van der Waals surface area contributed by atoms with Gasteiger partial charge in [-0.2, -0.15) is 0 Å². The van der Waals surface area contributed by atoms with Crippen molar-refractivity contribution in [2.24, 2.45) is 5.14 Å². The van der Waals surface area contributed by atoms with Crippen LogP contribution in [0.3, 0.4) is 0 Å². The first-order chi connectivity index (χ1) is 10.3. The maximum atomic E-state index is 12.0. The van der Waals surface area contributed by atoms with E-state index in [9.17, 15) is 13.2 Å². The Hall–Kier alpha value is -1.60. The van der Waals surface area contributed by atoms with Crippen LogP contribution in [0.4, 0.5) is 5.69 Å². The van der Waals surface area contributed by atoms with Crippen molar-refractivity contribution < 1.29 is 13.2 Å². The smallest absolute Gasteiger partial charge is 0.238 e. The summed E-state index contributed by atoms with van der Waals surface area (Å²) in [6, 6.07) is 10.5. The fraction of sp³-hybridized carbons (Fsp3) is 0.0714. The number of hydrogen-bond donors (Lipinski definition) is 2. The van der Waals surface area contributed by atoms with Crippen LogP contribution in [-0.4, -0.2) is 14.3 Å². The van der Waals surface area contributed by atoms with Gasteiger partial charge >= 0.3 is 0 Å². The summed E-state index contributed by atoms with van der Waals surface area (Å²) < 4.78 is 22.5. The Balaban J connectivity index is 2.12. The third-order valence-electron chi connectivity index (χ3n) is 2.81. The van der Waals surface area contributed by atoms with Crippen LogP contribution in [0.5, 0.6) is 0 Å². The number of carbonyl (C=O) groups is 1. The molecule has 0 saturated carbocycles. The molecule has 0 radical (unpaired) electrons. The fourth-order valence-electron chi connectivity index (χ4n) is 1.79. The minimum atomic E-state index is -3.82. The normalized spacial score (nSPS) is 11.2. The zero-order chi connectivity index (χ0) is 16.3. The van der Waals surface area contributed by atoms with Crippen molar-refractivity contribution in [2.45, 2.75) is 11.3 Å². The van der Waals surface area contributed by atoms with E-state index in [1.165, 1.54) is 18.2 Å². The summed E-state index contributed by atoms with van der Waals surface area (Å²) in [5.41, 5.74) is 0.952. The Bertz CT molecular complexity index is 823. The maximum absolute atomic E-state index is 12.0. The van der Waals surface area contributed by atoms with E-state index in [2.05, 4.69) is 5.32 Å². The third kappa shape index (κ3) is 4.45. The number of sulfonamides is 1. The fourth-order valence-corrected chi connectivity index (χ4v) is 2.83. The molecule has 0 aliphatic heterocycles. The number of amides is 1. The van der Waals surface area contributed by atoms with Crippen LogP contribution in [-0.2, 0) is 21.2 Å². The molecule has 0 aliphatic carbocycles. The highest BCUT2D eigenvalue weighted by Crippen LogP contribution is 2.22. The summed E-state index contributed by atoms with van der Waals surface area (Å²) in [5.74, 6) is -0.337. The monoisotopic (exact) mass is 358 g/mol. The van der Waals surface area contributed by atoms with Gasteiger partial charge in [-0.05, 0) is 35.9 Å². The number of primary sulfonamides is 1. The molecule has 0 atom stereocenters. The van der Waals surface area contributed by atoms with Crippen LogP contribution in [0.2, 0.25) is 10.0 Å². The predicted octanol–water partition coefficient (Wildman–Crippen LogP) is 2.82. The lowest BCUT2D eigenvalue weighted by atomic mass is 10.1. The molecule has 8 heteroatoms. The second-order valence-corrected chi connectivity index (χ2v) is 6.94. The van der Waals surface area contributed by atoms with Gasteiger partial charge < -0.3 is 5.32 Å². The van der Waals surface area contributed by atoms with Crippen molar-refractivity contribution in [3.63, 3.8) is 0 Å². The van der Waals surface area contributed by atoms with Gasteiger partial charge in [0.15, 0.2) is 0 Å². The van der Waals surface area contributed by atoms with E-state index < -0.39 is 10.0 Å². The quantitative estimate of drug-likeness (QED) is 0.880. The van der Waals surface area contributed by atoms with E-state index >= 15 is 0 Å². The summed E-state index contributed by atoms with van der Waals surface area (Å²) in [7, 11) is -3.82. The van der Waals surface area contributed by atoms with Gasteiger partial charge in [0.05, 0.1) is 11.3 Å². The second-order valence-electron chi connectivity index (χ2n) is 4.53. The average Bonchev–Trinajstić information content (AvgIpc) is 2.41. The highest BCUT2D eigenvalue weighted by molar-refractivity contribution is 7.89. The molecule has 1 amide bonds. The molecular formula is C14H12Cl2N2O3S. The number of nitrogens with two attached hydrogens (primary N) is 1. The van der Waals surface area contributed by atoms with Crippen molar-refractivity contribution in [1.29, 1.82) is 0 Å². The van der Waals surface area contributed by atoms with Crippen molar-refractivity contribution in [3.05, 3.63) is 58.1 Å². The molecule has 5 nitrogen and oxygen atoms in total. The lowest BCUT2D eigenvalue weighted by Crippen LogP contribution is -2.16. The van der Waals surface area contributed by atoms with Gasteiger partial charge in [0.1, 0.15) is 0 Å². The van der Waals surface area contributed by atoms with Crippen LogP contribution in [0.1, 0.15) is 5.56 Å². The summed E-state index contributed by atoms with van der Waals surface area (Å²) >= 11 is 11.8. The Labute approximate surface area is 138 Å². The van der Waals surface area contributed by atoms with Crippen molar-refractivity contribution in [3.8, 4) is 0 Å². The first-order valence-corrected chi connectivity index (χ1v) is 8.42. The van der Waals surface area contributed by atoms with E-state index in [1.807, 2.05) is 0 Å². The third-order valence-corrected chi connectivity index (χ3v) is 4.31. The Morgan fingerprint density at radius 2 is 1.86 bits per heavy atom. The van der Waals surface area contributed by atoms with E-state index in [0.717, 1.165) is 0 Å². The lowest BCUT2D eigenvalue weighted by Gasteiger charge is -2.08. The topological polar surface area (TPSA) is 89.3 Å². The van der Waals surface area contributed by atoms with Gasteiger partial charge in [-0.15, -0.1) is 0 Å². The maximum Gasteiger partial charge on any atom is 0.238 e. The van der Waals surface area contributed by atoms with Crippen molar-refractivity contribution in [2.75, 3.05) is 5.32 Å². The Morgan fingerprint density at radius 1 is 1.14 bits per heavy atom. The minimum absolute atomic E-state index is 0.0373. The van der Waals surface area contributed by atoms with Gasteiger partial charge in [0.25, 0.3) is 0 Å². The molecule has 0 spiro atoms. The van der Waals surface area contributed by atoms with Crippen molar-refractivity contribution >= 4 is 44.8 Å². The first kappa shape index (κ1) is 16.8. The van der Waals surface area contributed by atoms with Crippen LogP contribution in [0.25, 0.3) is 0 Å². The molecule has 2 aromatic rings. The predicted molar refractivity (Wildman–Crippen MR) is 86.6 cm³/mol. The van der Waals surface area contributed by atoms with E-state index in [4.69, 9.17) is 28.3 Å². The lowest BCUT2D eigenvalue weighted by molar-refractivity contribution is -0.115. The molecule has 0 aromatic heterocycles. The zero-order valence-corrected chi connectivity index (χ0v) is 13.5. The molecule has 0 fully saturated rings. The van der Waals surface area contributed by atoms with Gasteiger partial charge in [0.2, 0.25) is 15.9 Å². The van der Waals surface area contributed by atoms with Crippen LogP contribution >= 0.6 is 23.2 Å². The highest BCUT2D eigenvalue weighted by Gasteiger charge is 2.11. The number of carbonyl (C=O) groups excluding carboxylic acids is 1. The van der Waals surface area contributed by atoms with Gasteiger partial charge in [-0.25, -0.2) is 13.6 Å². The number of nitrogens with one attached hydrogen (secondary N) is 1. The molecular weight excluding hydrogens is 347 g/mol. The average molecular weight is 359 g/mol. The van der Waals surface area contributed by atoms with Gasteiger partial charge in [-0.1, -0.05) is 35.3 Å². The van der Waals surface area contributed by atoms with Gasteiger partial charge in [-0.3, -0.25) is 4.79 Å². The van der Waals surface area contributed by atoms with E-state index in [1.54, 1.807) is 24.3 Å². The largest absolute Gasteiger partial charge is 0.326 e. The minimum Gasteiger partial charge on any atom is -0.326 e. The van der Waals surface area contributed by atoms with E-state index in [0.29, 0.717) is 21.3 Å². The number of rotatable bonds is 4. The van der Waals surface area contributed by atoms with E-state index in [-0.39, 0.29) is 17.2 Å². The molecule has 116 valence electrons. The molecule has 0 saturated heterocycles. The summed E-state index contributed by atoms with van der Waals surface area (Å²) in [6.45, 7) is 0. The molecule has 2 rings (SSSR count). The SMILES string of the molecule is NS(=O)(=O)c1cccc(NC(=O)Cc2ccc(Cl)cc2Cl)c1. The molecule has 0 bridgehead atoms. The standard InChI is InChI=1S/C14H12Cl2N2O3S/c15-10-5-4-9(13(16)7-10)6-14(19)18-11-2-1-3-12(8-11)22(17,20)21/h1-5,7-8H,6H2,(H,18,19)(H2,17,20,21). The molecule has 3 N–H and O–H groups in total. The first-order valence-electron chi connectivity index (χ1n) is 6.12. The molecule has 0 heterocycles. The number of anilines is 1. The highest BCUT2D eigenvalue weighted by atomic mass is 35.5. The van der Waals surface area contributed by atoms with Crippen molar-refractivity contribution in [1.82, 2.24) is 0 Å². The molecule has 0 unspecified atom stereocenters. The van der Waals surface area contributed by atoms with Crippen LogP contribution in [0, 0.1) is 0 Å². The molecule has 22 heavy (non-hydrogen) atoms. The number of benzene rings is 2. The summed E-state index contributed by atoms with van der Waals surface area (Å²) in [4.78, 5) is 11.9. The summed E-state index contributed by atoms with van der Waals surface area (Å²) in [6.07, 6.45) is 0.0373. The van der Waals surface area contributed by atoms with Crippen LogP contribution in [0.15, 0.2) is 47.4 Å². The Morgan fingerprint density at radius 3 is 2.50 bits per heavy atom. The Kier molecular flexibility index (Phi) is 5.08. The summed E-state index contributed by atoms with van der Waals surface area (Å²) in [5, 5.41) is 8.51. The number of halogens is 2. The second kappa shape index (κ2) is 6.66. The zero-order valence-electron chi connectivity index (χ0n) is 11.2. The van der Waals surface area contributed by atoms with Gasteiger partial charge in [0, 0.05) is 15.7 Å². The van der Waals surface area contributed by atoms with Crippen LogP contribution < -0.4 is 10.5 Å². The molecule has 0 aliphatic rings.